The minimum atomic E-state index is -4.31. The quantitative estimate of drug-likeness (QED) is 0.407. The lowest BCUT2D eigenvalue weighted by Gasteiger charge is -2.29. The van der Waals surface area contributed by atoms with Crippen LogP contribution >= 0.6 is 7.82 Å². The number of nitrogens with zero attached hydrogens (tertiary/aromatic N) is 1. The Kier molecular flexibility index (Phi) is 5.65. The highest BCUT2D eigenvalue weighted by molar-refractivity contribution is 7.49. The lowest BCUT2D eigenvalue weighted by molar-refractivity contribution is -0.205. The largest absolute Gasteiger partial charge is 0.530 e. The molecule has 4 rings (SSSR count). The Balaban J connectivity index is 1.55. The molecule has 2 aromatic rings. The summed E-state index contributed by atoms with van der Waals surface area (Å²) in [5, 5.41) is 20.4. The van der Waals surface area contributed by atoms with Gasteiger partial charge in [-0.1, -0.05) is 18.2 Å². The number of fused-ring (bicyclic) bond motifs is 1. The summed E-state index contributed by atoms with van der Waals surface area (Å²) in [6.45, 7) is 0.369. The molecular weight excluding hydrogens is 454 g/mol. The second-order valence-corrected chi connectivity index (χ2v) is 8.84. The van der Waals surface area contributed by atoms with Gasteiger partial charge in [0.2, 0.25) is 0 Å². The number of benzene rings is 1. The van der Waals surface area contributed by atoms with Crippen LogP contribution < -0.4 is 15.8 Å². The van der Waals surface area contributed by atoms with Crippen molar-refractivity contribution in [2.24, 2.45) is 0 Å². The summed E-state index contributed by atoms with van der Waals surface area (Å²) in [6, 6.07) is 5.13. The van der Waals surface area contributed by atoms with Gasteiger partial charge in [-0.3, -0.25) is 28.2 Å². The molecule has 0 saturated carbocycles. The molecule has 12 nitrogen and oxygen atoms in total. The lowest BCUT2D eigenvalue weighted by atomic mass is 10.1. The molecule has 1 aromatic heterocycles. The highest BCUT2D eigenvalue weighted by Crippen LogP contribution is 2.56. The van der Waals surface area contributed by atoms with Gasteiger partial charge in [-0.05, 0) is 12.5 Å². The average molecular weight is 472 g/mol. The van der Waals surface area contributed by atoms with Gasteiger partial charge in [0.1, 0.15) is 24.6 Å². The maximum absolute atomic E-state index is 15.3. The van der Waals surface area contributed by atoms with Gasteiger partial charge in [0, 0.05) is 11.8 Å². The van der Waals surface area contributed by atoms with E-state index in [0.29, 0.717) is 15.7 Å². The van der Waals surface area contributed by atoms with Gasteiger partial charge < -0.3 is 19.5 Å². The average Bonchev–Trinajstić information content (AvgIpc) is 2.98. The van der Waals surface area contributed by atoms with Crippen LogP contribution in [-0.4, -0.2) is 50.7 Å². The minimum absolute atomic E-state index is 0.135. The van der Waals surface area contributed by atoms with Crippen LogP contribution in [0.3, 0.4) is 0 Å². The maximum atomic E-state index is 15.3. The van der Waals surface area contributed by atoms with E-state index in [1.165, 1.54) is 0 Å². The fraction of sp³-hybridized carbons (Fsp3) is 0.389. The summed E-state index contributed by atoms with van der Waals surface area (Å²) >= 11 is 0. The van der Waals surface area contributed by atoms with Crippen LogP contribution in [-0.2, 0) is 25.0 Å². The van der Waals surface area contributed by atoms with Gasteiger partial charge in [-0.2, -0.15) is 0 Å². The molecule has 1 fully saturated rings. The maximum Gasteiger partial charge on any atom is 0.530 e. The SMILES string of the molecule is Cc1cccc2c1OP(=O)(OC[C@@]1(F)O[C@@H](n3cc(C=O)c(=O)[nH]c3=O)[C@H](O)[C@@H]1O)OC2. The van der Waals surface area contributed by atoms with Crippen molar-refractivity contribution in [1.29, 1.82) is 0 Å². The number of aryl methyl sites for hydroxylation is 1. The number of aliphatic hydroxyl groups excluding tert-OH is 2. The minimum Gasteiger partial charge on any atom is -0.403 e. The molecule has 1 aromatic carbocycles. The Bertz CT molecular complexity index is 1230. The molecule has 1 unspecified atom stereocenters. The Morgan fingerprint density at radius 2 is 2.16 bits per heavy atom. The molecule has 5 atom stereocenters. The number of rotatable bonds is 5. The van der Waals surface area contributed by atoms with E-state index in [-0.39, 0.29) is 18.6 Å². The predicted octanol–water partition coefficient (Wildman–Crippen LogP) is 0.308. The fourth-order valence-electron chi connectivity index (χ4n) is 3.34. The number of H-pyrrole nitrogens is 1. The van der Waals surface area contributed by atoms with E-state index >= 15 is 4.39 Å². The Labute approximate surface area is 178 Å². The van der Waals surface area contributed by atoms with Crippen LogP contribution in [0.15, 0.2) is 34.0 Å². The van der Waals surface area contributed by atoms with E-state index in [9.17, 15) is 29.2 Å². The molecule has 32 heavy (non-hydrogen) atoms. The number of phosphoric acid groups is 1. The first-order chi connectivity index (χ1) is 15.1. The van der Waals surface area contributed by atoms with Gasteiger partial charge in [-0.25, -0.2) is 13.8 Å². The first-order valence-electron chi connectivity index (χ1n) is 9.27. The predicted molar refractivity (Wildman–Crippen MR) is 103 cm³/mol. The van der Waals surface area contributed by atoms with Gasteiger partial charge in [0.05, 0.1) is 12.2 Å². The summed E-state index contributed by atoms with van der Waals surface area (Å²) in [7, 11) is -4.31. The smallest absolute Gasteiger partial charge is 0.403 e. The zero-order valence-corrected chi connectivity index (χ0v) is 17.4. The number of aldehydes is 1. The Hall–Kier alpha value is -2.67. The van der Waals surface area contributed by atoms with Crippen molar-refractivity contribution in [2.75, 3.05) is 6.61 Å². The number of aromatic nitrogens is 2. The molecule has 0 bridgehead atoms. The van der Waals surface area contributed by atoms with Crippen molar-refractivity contribution in [2.45, 2.75) is 37.8 Å². The summed E-state index contributed by atoms with van der Waals surface area (Å²) < 4.78 is 49.1. The molecule has 0 radical (unpaired) electrons. The van der Waals surface area contributed by atoms with Gasteiger partial charge in [0.15, 0.2) is 12.5 Å². The molecular formula is C18H18FN2O10P. The number of phosphoric ester groups is 1. The zero-order valence-electron chi connectivity index (χ0n) is 16.5. The van der Waals surface area contributed by atoms with E-state index in [1.807, 2.05) is 4.98 Å². The second-order valence-electron chi connectivity index (χ2n) is 7.25. The highest BCUT2D eigenvalue weighted by atomic mass is 31.2. The Morgan fingerprint density at radius 1 is 1.41 bits per heavy atom. The van der Waals surface area contributed by atoms with Crippen LogP contribution in [0.5, 0.6) is 5.75 Å². The van der Waals surface area contributed by atoms with Crippen molar-refractivity contribution in [3.8, 4) is 5.75 Å². The van der Waals surface area contributed by atoms with Crippen molar-refractivity contribution in [3.63, 3.8) is 0 Å². The summed E-state index contributed by atoms with van der Waals surface area (Å²) in [5.74, 6) is -2.89. The third-order valence-electron chi connectivity index (χ3n) is 5.06. The van der Waals surface area contributed by atoms with E-state index in [2.05, 4.69) is 0 Å². The molecule has 172 valence electrons. The summed E-state index contributed by atoms with van der Waals surface area (Å²) in [5.41, 5.74) is -1.37. The van der Waals surface area contributed by atoms with Crippen molar-refractivity contribution in [1.82, 2.24) is 9.55 Å². The number of para-hydroxylation sites is 1. The number of aromatic amines is 1. The molecule has 1 saturated heterocycles. The van der Waals surface area contributed by atoms with Crippen molar-refractivity contribution >= 4 is 14.1 Å². The van der Waals surface area contributed by atoms with Crippen LogP contribution in [0, 0.1) is 6.92 Å². The molecule has 14 heteroatoms. The standard InChI is InChI=1S/C18H18FN2O10P/c1-9-3-2-4-10-7-28-32(27,31-13(9)10)29-8-18(19)14(24)12(23)16(30-18)21-5-11(6-22)15(25)20-17(21)26/h2-6,12,14,16,23-24H,7-8H2,1H3,(H,20,25,26)/t12-,14+,16-,18-,32?/m1/s1. The fourth-order valence-corrected chi connectivity index (χ4v) is 4.64. The molecule has 0 aliphatic carbocycles. The van der Waals surface area contributed by atoms with E-state index < -0.39 is 55.5 Å². The van der Waals surface area contributed by atoms with Crippen LogP contribution in [0.2, 0.25) is 0 Å². The highest BCUT2D eigenvalue weighted by Gasteiger charge is 2.57. The number of alkyl halides is 1. The topological polar surface area (TPSA) is 166 Å². The van der Waals surface area contributed by atoms with Gasteiger partial charge >= 0.3 is 13.5 Å². The zero-order chi connectivity index (χ0) is 23.3. The van der Waals surface area contributed by atoms with E-state index in [0.717, 1.165) is 6.20 Å². The van der Waals surface area contributed by atoms with E-state index in [4.69, 9.17) is 18.3 Å². The summed E-state index contributed by atoms with van der Waals surface area (Å²) in [4.78, 5) is 36.3. The number of hydrogen-bond donors (Lipinski definition) is 3. The normalized spacial score (nSPS) is 31.7. The number of hydrogen-bond acceptors (Lipinski definition) is 10. The second kappa shape index (κ2) is 8.03. The number of nitrogens with one attached hydrogen (secondary N) is 1. The summed E-state index contributed by atoms with van der Waals surface area (Å²) in [6.07, 6.45) is -5.21. The third-order valence-corrected chi connectivity index (χ3v) is 6.36. The number of carbonyl (C=O) groups is 1. The van der Waals surface area contributed by atoms with Gasteiger partial charge in [0.25, 0.3) is 11.4 Å². The Morgan fingerprint density at radius 3 is 2.88 bits per heavy atom. The third kappa shape index (κ3) is 3.83. The van der Waals surface area contributed by atoms with Crippen molar-refractivity contribution < 1.29 is 42.3 Å². The first kappa shape index (κ1) is 22.5. The molecule has 2 aliphatic rings. The number of ether oxygens (including phenoxy) is 1. The molecule has 0 amide bonds. The van der Waals surface area contributed by atoms with Crippen LogP contribution in [0.4, 0.5) is 4.39 Å². The lowest BCUT2D eigenvalue weighted by Crippen LogP contribution is -2.43. The molecule has 3 N–H and O–H groups in total. The monoisotopic (exact) mass is 472 g/mol. The number of aliphatic hydroxyl groups is 2. The molecule has 0 spiro atoms. The van der Waals surface area contributed by atoms with E-state index in [1.54, 1.807) is 25.1 Å². The molecule has 2 aliphatic heterocycles. The molecule has 3 heterocycles. The number of halogens is 1. The van der Waals surface area contributed by atoms with Gasteiger partial charge in [-0.15, -0.1) is 0 Å². The van der Waals surface area contributed by atoms with Crippen molar-refractivity contribution in [3.05, 3.63) is 61.9 Å². The van der Waals surface area contributed by atoms with Crippen LogP contribution in [0.1, 0.15) is 27.7 Å². The first-order valence-corrected chi connectivity index (χ1v) is 10.7. The van der Waals surface area contributed by atoms with Crippen LogP contribution in [0.25, 0.3) is 0 Å². The number of carbonyl (C=O) groups excluding carboxylic acids is 1.